The topological polar surface area (TPSA) is 68.2 Å². The van der Waals surface area contributed by atoms with Crippen molar-refractivity contribution >= 4 is 11.7 Å². The first-order valence-corrected chi connectivity index (χ1v) is 16.5. The number of piperidine rings is 1. The summed E-state index contributed by atoms with van der Waals surface area (Å²) < 4.78 is 91.3. The lowest BCUT2D eigenvalue weighted by atomic mass is 9.69. The molecule has 0 unspecified atom stereocenters. The number of Topliss-reactive ketones (excluding diaryl/α,β-unsaturated/α-hetero) is 1. The van der Waals surface area contributed by atoms with Crippen molar-refractivity contribution in [3.8, 4) is 0 Å². The van der Waals surface area contributed by atoms with E-state index in [0.29, 0.717) is 67.4 Å². The number of aromatic nitrogens is 3. The molecular formula is C36H40F6N4O2. The van der Waals surface area contributed by atoms with Gasteiger partial charge >= 0.3 is 6.18 Å². The summed E-state index contributed by atoms with van der Waals surface area (Å²) in [6.45, 7) is 5.41. The van der Waals surface area contributed by atoms with E-state index in [0.717, 1.165) is 29.8 Å². The van der Waals surface area contributed by atoms with Gasteiger partial charge in [0.25, 0.3) is 0 Å². The molecule has 0 bridgehead atoms. The summed E-state index contributed by atoms with van der Waals surface area (Å²) in [5.41, 5.74) is 1.47. The van der Waals surface area contributed by atoms with Crippen molar-refractivity contribution in [1.29, 1.82) is 0 Å². The Morgan fingerprint density at radius 1 is 0.958 bits per heavy atom. The Labute approximate surface area is 276 Å². The molecule has 1 aromatic carbocycles. The van der Waals surface area contributed by atoms with Crippen LogP contribution in [0, 0.1) is 5.41 Å². The number of halogens is 6. The number of fused-ring (bicyclic) bond motifs is 1. The molecule has 0 spiro atoms. The molecule has 0 N–H and O–H groups in total. The molecule has 6 nitrogen and oxygen atoms in total. The fraction of sp³-hybridized carbons (Fsp3) is 0.556. The molecule has 3 aliphatic rings. The van der Waals surface area contributed by atoms with Crippen molar-refractivity contribution in [1.82, 2.24) is 15.0 Å². The van der Waals surface area contributed by atoms with Crippen LogP contribution in [0.3, 0.4) is 0 Å². The van der Waals surface area contributed by atoms with Crippen molar-refractivity contribution in [2.45, 2.75) is 102 Å². The summed E-state index contributed by atoms with van der Waals surface area (Å²) in [6.07, 6.45) is -1.94. The van der Waals surface area contributed by atoms with Crippen LogP contribution in [-0.2, 0) is 23.9 Å². The van der Waals surface area contributed by atoms with Gasteiger partial charge in [0.2, 0.25) is 11.9 Å². The van der Waals surface area contributed by atoms with Crippen LogP contribution in [0.4, 0.5) is 32.3 Å². The molecule has 1 atom stereocenters. The fourth-order valence-corrected chi connectivity index (χ4v) is 7.61. The molecule has 2 aromatic heterocycles. The number of ether oxygens (including phenoxy) is 1. The van der Waals surface area contributed by atoms with Gasteiger partial charge in [0.1, 0.15) is 0 Å². The number of rotatable bonds is 7. The molecule has 2 fully saturated rings. The molecule has 1 aliphatic heterocycles. The first-order chi connectivity index (χ1) is 22.7. The fourth-order valence-electron chi connectivity index (χ4n) is 7.61. The van der Waals surface area contributed by atoms with Crippen LogP contribution in [0.5, 0.6) is 0 Å². The van der Waals surface area contributed by atoms with E-state index in [4.69, 9.17) is 9.72 Å². The summed E-state index contributed by atoms with van der Waals surface area (Å²) in [7, 11) is 1.59. The lowest BCUT2D eigenvalue weighted by Gasteiger charge is -2.39. The van der Waals surface area contributed by atoms with Gasteiger partial charge in [-0.05, 0) is 66.7 Å². The van der Waals surface area contributed by atoms with Crippen molar-refractivity contribution < 1.29 is 35.9 Å². The lowest BCUT2D eigenvalue weighted by Crippen LogP contribution is -2.36. The summed E-state index contributed by atoms with van der Waals surface area (Å²) >= 11 is 0. The molecule has 1 saturated carbocycles. The van der Waals surface area contributed by atoms with Crippen molar-refractivity contribution in [3.05, 3.63) is 81.4 Å². The Balaban J connectivity index is 1.44. The van der Waals surface area contributed by atoms with Gasteiger partial charge in [-0.1, -0.05) is 26.0 Å². The zero-order chi connectivity index (χ0) is 34.4. The molecule has 2 aliphatic carbocycles. The smallest absolute Gasteiger partial charge is 0.380 e. The van der Waals surface area contributed by atoms with E-state index in [1.807, 2.05) is 18.7 Å². The van der Waals surface area contributed by atoms with Gasteiger partial charge in [0.15, 0.2) is 12.0 Å². The minimum atomic E-state index is -4.59. The van der Waals surface area contributed by atoms with E-state index in [-0.39, 0.29) is 54.9 Å². The number of anilines is 1. The van der Waals surface area contributed by atoms with Crippen LogP contribution in [0.25, 0.3) is 0 Å². The van der Waals surface area contributed by atoms with Gasteiger partial charge in [-0.25, -0.2) is 23.1 Å². The van der Waals surface area contributed by atoms with Crippen LogP contribution in [0.2, 0.25) is 0 Å². The Kier molecular flexibility index (Phi) is 9.34. The van der Waals surface area contributed by atoms with Gasteiger partial charge in [-0.2, -0.15) is 13.2 Å². The van der Waals surface area contributed by atoms with E-state index < -0.39 is 35.2 Å². The summed E-state index contributed by atoms with van der Waals surface area (Å²) in [4.78, 5) is 29.9. The first-order valence-electron chi connectivity index (χ1n) is 16.5. The van der Waals surface area contributed by atoms with E-state index in [9.17, 15) is 26.7 Å². The number of methoxy groups -OCH3 is 1. The molecule has 1 saturated heterocycles. The highest BCUT2D eigenvalue weighted by atomic mass is 19.4. The second-order valence-electron chi connectivity index (χ2n) is 14.3. The van der Waals surface area contributed by atoms with E-state index >= 15 is 4.39 Å². The highest BCUT2D eigenvalue weighted by molar-refractivity contribution is 6.00. The third-order valence-corrected chi connectivity index (χ3v) is 10.0. The number of ketones is 1. The maximum Gasteiger partial charge on any atom is 0.416 e. The monoisotopic (exact) mass is 674 g/mol. The highest BCUT2D eigenvalue weighted by Gasteiger charge is 2.44. The average molecular weight is 675 g/mol. The standard InChI is InChI=1S/C36H40F6N4O2/c1-34(2)16-26-29(27(47)17-34)28(22-8-12-35(38,39)13-9-22)30(31(37)23-4-6-25(7-5-23)36(40,41)42)32(45-26)24-10-14-46(15-11-24)33-43-18-21(19-44-33)20-48-3/h4-7,18-19,22,24,31H,8-17,20H2,1-3H3/t31-/m0/s1. The Morgan fingerprint density at radius 3 is 2.17 bits per heavy atom. The number of alkyl halides is 6. The van der Waals surface area contributed by atoms with Crippen LogP contribution in [0.15, 0.2) is 36.7 Å². The molecule has 0 amide bonds. The van der Waals surface area contributed by atoms with Gasteiger partial charge in [-0.15, -0.1) is 0 Å². The summed E-state index contributed by atoms with van der Waals surface area (Å²) in [6, 6.07) is 3.93. The molecular weight excluding hydrogens is 634 g/mol. The van der Waals surface area contributed by atoms with Crippen LogP contribution in [0.1, 0.15) is 126 Å². The second-order valence-corrected chi connectivity index (χ2v) is 14.3. The zero-order valence-electron chi connectivity index (χ0n) is 27.3. The maximum atomic E-state index is 17.1. The molecule has 3 aromatic rings. The largest absolute Gasteiger partial charge is 0.416 e. The van der Waals surface area contributed by atoms with Gasteiger partial charge in [0, 0.05) is 74.5 Å². The number of benzene rings is 1. The van der Waals surface area contributed by atoms with Gasteiger partial charge in [-0.3, -0.25) is 9.78 Å². The molecule has 258 valence electrons. The minimum Gasteiger partial charge on any atom is -0.380 e. The Bertz CT molecular complexity index is 1620. The predicted molar refractivity (Wildman–Crippen MR) is 168 cm³/mol. The number of hydrogen-bond donors (Lipinski definition) is 0. The summed E-state index contributed by atoms with van der Waals surface area (Å²) in [5, 5.41) is 0. The number of hydrogen-bond acceptors (Lipinski definition) is 6. The predicted octanol–water partition coefficient (Wildman–Crippen LogP) is 8.93. The first kappa shape index (κ1) is 34.3. The van der Waals surface area contributed by atoms with Crippen LogP contribution < -0.4 is 4.90 Å². The lowest BCUT2D eigenvalue weighted by molar-refractivity contribution is -0.137. The quantitative estimate of drug-likeness (QED) is 0.233. The van der Waals surface area contributed by atoms with Crippen LogP contribution >= 0.6 is 0 Å². The third-order valence-electron chi connectivity index (χ3n) is 10.0. The molecule has 3 heterocycles. The maximum absolute atomic E-state index is 17.1. The Morgan fingerprint density at radius 2 is 1.58 bits per heavy atom. The van der Waals surface area contributed by atoms with Crippen molar-refractivity contribution in [2.75, 3.05) is 25.1 Å². The van der Waals surface area contributed by atoms with Gasteiger partial charge in [0.05, 0.1) is 23.6 Å². The SMILES string of the molecule is COCc1cnc(N2CCC(c3nc4c(c(C5CCC(F)(F)CC5)c3[C@@H](F)c3ccc(C(F)(F)F)cc3)C(=O)CC(C)(C)C4)CC2)nc1. The van der Waals surface area contributed by atoms with E-state index in [1.54, 1.807) is 19.5 Å². The summed E-state index contributed by atoms with van der Waals surface area (Å²) in [5.74, 6) is -3.25. The normalized spacial score (nSPS) is 20.9. The number of carbonyl (C=O) groups is 1. The highest BCUT2D eigenvalue weighted by Crippen LogP contribution is 2.50. The van der Waals surface area contributed by atoms with Gasteiger partial charge < -0.3 is 9.64 Å². The number of carbonyl (C=O) groups excluding carboxylic acids is 1. The van der Waals surface area contributed by atoms with E-state index in [1.165, 1.54) is 0 Å². The molecule has 6 rings (SSSR count). The Hall–Kier alpha value is -3.54. The number of nitrogens with zero attached hydrogens (tertiary/aromatic N) is 4. The van der Waals surface area contributed by atoms with Crippen LogP contribution in [-0.4, -0.2) is 46.9 Å². The zero-order valence-corrected chi connectivity index (χ0v) is 27.3. The van der Waals surface area contributed by atoms with Crippen molar-refractivity contribution in [2.24, 2.45) is 5.41 Å². The number of pyridine rings is 1. The third kappa shape index (κ3) is 7.09. The minimum absolute atomic E-state index is 0.000961. The molecule has 48 heavy (non-hydrogen) atoms. The molecule has 12 heteroatoms. The van der Waals surface area contributed by atoms with E-state index in [2.05, 4.69) is 9.97 Å². The average Bonchev–Trinajstić information content (AvgIpc) is 3.03. The van der Waals surface area contributed by atoms with Crippen molar-refractivity contribution in [3.63, 3.8) is 0 Å². The second kappa shape index (κ2) is 13.1. The molecule has 0 radical (unpaired) electrons.